The van der Waals surface area contributed by atoms with Crippen LogP contribution in [0.3, 0.4) is 0 Å². The van der Waals surface area contributed by atoms with Gasteiger partial charge in [0.05, 0.1) is 5.69 Å². The second-order valence-corrected chi connectivity index (χ2v) is 2.74. The van der Waals surface area contributed by atoms with Gasteiger partial charge >= 0.3 is 0 Å². The zero-order valence-corrected chi connectivity index (χ0v) is 6.94. The summed E-state index contributed by atoms with van der Waals surface area (Å²) in [4.78, 5) is 0. The molecule has 1 aromatic carbocycles. The van der Waals surface area contributed by atoms with E-state index in [0.29, 0.717) is 0 Å². The summed E-state index contributed by atoms with van der Waals surface area (Å²) < 4.78 is 1.81. The molecule has 2 nitrogen and oxygen atoms in total. The van der Waals surface area contributed by atoms with Crippen molar-refractivity contribution in [3.05, 3.63) is 42.6 Å². The maximum atomic E-state index is 4.30. The Morgan fingerprint density at radius 1 is 1.08 bits per heavy atom. The molecule has 12 heavy (non-hydrogen) atoms. The summed E-state index contributed by atoms with van der Waals surface area (Å²) in [6, 6.07) is 12.2. The fraction of sp³-hybridized carbons (Fsp3) is 0.100. The lowest BCUT2D eigenvalue weighted by molar-refractivity contribution is 0.771. The maximum absolute atomic E-state index is 4.30. The summed E-state index contributed by atoms with van der Waals surface area (Å²) in [6.07, 6.45) is 1.95. The van der Waals surface area contributed by atoms with E-state index in [1.807, 2.05) is 42.2 Å². The molecule has 2 rings (SSSR count). The van der Waals surface area contributed by atoms with Crippen molar-refractivity contribution < 1.29 is 0 Å². The van der Waals surface area contributed by atoms with Crippen LogP contribution in [0.15, 0.2) is 42.6 Å². The van der Waals surface area contributed by atoms with Crippen LogP contribution in [0.1, 0.15) is 0 Å². The number of benzene rings is 1. The SMILES string of the molecule is Cn1ccc(-c2ccccc2)n1. The van der Waals surface area contributed by atoms with Gasteiger partial charge in [-0.15, -0.1) is 0 Å². The van der Waals surface area contributed by atoms with Crippen LogP contribution < -0.4 is 0 Å². The highest BCUT2D eigenvalue weighted by atomic mass is 15.2. The van der Waals surface area contributed by atoms with Gasteiger partial charge in [-0.1, -0.05) is 30.3 Å². The average molecular weight is 158 g/mol. The van der Waals surface area contributed by atoms with Crippen molar-refractivity contribution in [1.82, 2.24) is 9.78 Å². The number of hydrogen-bond acceptors (Lipinski definition) is 1. The van der Waals surface area contributed by atoms with Gasteiger partial charge in [-0.05, 0) is 6.07 Å². The topological polar surface area (TPSA) is 17.8 Å². The molecule has 0 saturated heterocycles. The quantitative estimate of drug-likeness (QED) is 0.621. The molecular formula is C10H10N2. The molecule has 0 aliphatic rings. The van der Waals surface area contributed by atoms with Crippen LogP contribution in [0.4, 0.5) is 0 Å². The van der Waals surface area contributed by atoms with Crippen molar-refractivity contribution in [2.45, 2.75) is 0 Å². The summed E-state index contributed by atoms with van der Waals surface area (Å²) in [5.74, 6) is 0. The lowest BCUT2D eigenvalue weighted by atomic mass is 10.2. The van der Waals surface area contributed by atoms with Crippen LogP contribution in [-0.2, 0) is 7.05 Å². The fourth-order valence-electron chi connectivity index (χ4n) is 1.18. The van der Waals surface area contributed by atoms with Gasteiger partial charge in [-0.2, -0.15) is 5.10 Å². The van der Waals surface area contributed by atoms with Crippen LogP contribution in [0.2, 0.25) is 0 Å². The molecule has 0 aliphatic carbocycles. The summed E-state index contributed by atoms with van der Waals surface area (Å²) in [5.41, 5.74) is 2.19. The van der Waals surface area contributed by atoms with Gasteiger partial charge in [-0.25, -0.2) is 0 Å². The van der Waals surface area contributed by atoms with Crippen LogP contribution in [0.5, 0.6) is 0 Å². The second kappa shape index (κ2) is 2.81. The minimum atomic E-state index is 1.03. The Morgan fingerprint density at radius 2 is 1.83 bits per heavy atom. The molecule has 0 amide bonds. The van der Waals surface area contributed by atoms with E-state index in [9.17, 15) is 0 Å². The third kappa shape index (κ3) is 1.23. The fourth-order valence-corrected chi connectivity index (χ4v) is 1.18. The summed E-state index contributed by atoms with van der Waals surface area (Å²) >= 11 is 0. The largest absolute Gasteiger partial charge is 0.275 e. The van der Waals surface area contributed by atoms with E-state index in [4.69, 9.17) is 0 Å². The smallest absolute Gasteiger partial charge is 0.0923 e. The van der Waals surface area contributed by atoms with E-state index in [1.165, 1.54) is 0 Å². The Hall–Kier alpha value is -1.57. The average Bonchev–Trinajstić information content (AvgIpc) is 2.54. The van der Waals surface area contributed by atoms with E-state index < -0.39 is 0 Å². The van der Waals surface area contributed by atoms with E-state index >= 15 is 0 Å². The van der Waals surface area contributed by atoms with Gasteiger partial charge in [0.1, 0.15) is 0 Å². The van der Waals surface area contributed by atoms with E-state index in [-0.39, 0.29) is 0 Å². The Labute approximate surface area is 71.5 Å². The van der Waals surface area contributed by atoms with Gasteiger partial charge in [0, 0.05) is 18.8 Å². The van der Waals surface area contributed by atoms with Crippen LogP contribution >= 0.6 is 0 Å². The van der Waals surface area contributed by atoms with E-state index in [1.54, 1.807) is 0 Å². The first kappa shape index (κ1) is 7.10. The monoisotopic (exact) mass is 158 g/mol. The van der Waals surface area contributed by atoms with Crippen molar-refractivity contribution in [3.63, 3.8) is 0 Å². The Kier molecular flexibility index (Phi) is 1.67. The van der Waals surface area contributed by atoms with Crippen molar-refractivity contribution in [1.29, 1.82) is 0 Å². The molecule has 0 spiro atoms. The molecule has 1 aromatic heterocycles. The van der Waals surface area contributed by atoms with Crippen molar-refractivity contribution >= 4 is 0 Å². The standard InChI is InChI=1S/C10H10N2/c1-12-8-7-10(11-12)9-5-3-2-4-6-9/h2-8H,1H3. The molecule has 0 N–H and O–H groups in total. The van der Waals surface area contributed by atoms with Crippen molar-refractivity contribution in [3.8, 4) is 11.3 Å². The molecule has 1 heterocycles. The van der Waals surface area contributed by atoms with Gasteiger partial charge < -0.3 is 0 Å². The molecule has 2 heteroatoms. The minimum absolute atomic E-state index is 1.03. The predicted molar refractivity (Wildman–Crippen MR) is 48.6 cm³/mol. The first-order valence-electron chi connectivity index (χ1n) is 3.91. The number of hydrogen-bond donors (Lipinski definition) is 0. The zero-order valence-electron chi connectivity index (χ0n) is 6.94. The highest BCUT2D eigenvalue weighted by Gasteiger charge is 1.97. The van der Waals surface area contributed by atoms with Gasteiger partial charge in [0.15, 0.2) is 0 Å². The highest BCUT2D eigenvalue weighted by Crippen LogP contribution is 2.14. The third-order valence-corrected chi connectivity index (χ3v) is 1.78. The predicted octanol–water partition coefficient (Wildman–Crippen LogP) is 2.09. The number of rotatable bonds is 1. The van der Waals surface area contributed by atoms with Crippen LogP contribution in [0, 0.1) is 0 Å². The Morgan fingerprint density at radius 3 is 2.42 bits per heavy atom. The molecule has 60 valence electrons. The molecule has 0 aliphatic heterocycles. The molecule has 0 radical (unpaired) electrons. The number of aryl methyl sites for hydroxylation is 1. The molecule has 0 unspecified atom stereocenters. The van der Waals surface area contributed by atoms with E-state index in [0.717, 1.165) is 11.3 Å². The summed E-state index contributed by atoms with van der Waals surface area (Å²) in [5, 5.41) is 4.30. The third-order valence-electron chi connectivity index (χ3n) is 1.78. The molecule has 0 bridgehead atoms. The summed E-state index contributed by atoms with van der Waals surface area (Å²) in [6.45, 7) is 0. The van der Waals surface area contributed by atoms with Crippen molar-refractivity contribution in [2.75, 3.05) is 0 Å². The van der Waals surface area contributed by atoms with Gasteiger partial charge in [-0.3, -0.25) is 4.68 Å². The van der Waals surface area contributed by atoms with Crippen LogP contribution in [-0.4, -0.2) is 9.78 Å². The minimum Gasteiger partial charge on any atom is -0.275 e. The normalized spacial score (nSPS) is 10.1. The second-order valence-electron chi connectivity index (χ2n) is 2.74. The molecule has 0 atom stereocenters. The Bertz CT molecular complexity index is 362. The lowest BCUT2D eigenvalue weighted by Gasteiger charge is -1.93. The first-order valence-corrected chi connectivity index (χ1v) is 3.91. The van der Waals surface area contributed by atoms with Crippen molar-refractivity contribution in [2.24, 2.45) is 7.05 Å². The lowest BCUT2D eigenvalue weighted by Crippen LogP contribution is -1.87. The maximum Gasteiger partial charge on any atom is 0.0923 e. The number of aromatic nitrogens is 2. The first-order chi connectivity index (χ1) is 5.86. The highest BCUT2D eigenvalue weighted by molar-refractivity contribution is 5.57. The Balaban J connectivity index is 2.45. The number of nitrogens with zero attached hydrogens (tertiary/aromatic N) is 2. The molecule has 0 fully saturated rings. The summed E-state index contributed by atoms with van der Waals surface area (Å²) in [7, 11) is 1.92. The van der Waals surface area contributed by atoms with Gasteiger partial charge in [0.2, 0.25) is 0 Å². The van der Waals surface area contributed by atoms with Gasteiger partial charge in [0.25, 0.3) is 0 Å². The molecule has 2 aromatic rings. The molecule has 0 saturated carbocycles. The van der Waals surface area contributed by atoms with Crippen LogP contribution in [0.25, 0.3) is 11.3 Å². The zero-order chi connectivity index (χ0) is 8.39. The molecular weight excluding hydrogens is 148 g/mol. The van der Waals surface area contributed by atoms with E-state index in [2.05, 4.69) is 17.2 Å².